The van der Waals surface area contributed by atoms with E-state index in [4.69, 9.17) is 10.5 Å². The van der Waals surface area contributed by atoms with Gasteiger partial charge in [-0.3, -0.25) is 15.5 Å². The molecule has 0 amide bonds. The molecule has 1 heterocycles. The molecule has 0 fully saturated rings. The number of rotatable bonds is 3. The second-order valence-electron chi connectivity index (χ2n) is 3.24. The van der Waals surface area contributed by atoms with E-state index in [2.05, 4.69) is 4.99 Å². The molecule has 4 heteroatoms. The van der Waals surface area contributed by atoms with E-state index in [0.29, 0.717) is 19.3 Å². The van der Waals surface area contributed by atoms with Crippen LogP contribution in [0, 0.1) is 0 Å². The van der Waals surface area contributed by atoms with Crippen LogP contribution in [0.25, 0.3) is 0 Å². The van der Waals surface area contributed by atoms with Gasteiger partial charge in [0.05, 0.1) is 5.71 Å². The summed E-state index contributed by atoms with van der Waals surface area (Å²) >= 11 is 0. The zero-order valence-electron chi connectivity index (χ0n) is 8.62. The number of carbonyl (C=O) groups is 1. The number of ether oxygens (including phenoxy) is 1. The van der Waals surface area contributed by atoms with Gasteiger partial charge in [-0.1, -0.05) is 19.9 Å². The summed E-state index contributed by atoms with van der Waals surface area (Å²) in [6.07, 6.45) is 5.04. The summed E-state index contributed by atoms with van der Waals surface area (Å²) in [4.78, 5) is 15.3. The van der Waals surface area contributed by atoms with Gasteiger partial charge in [0.15, 0.2) is 0 Å². The average Bonchev–Trinajstić information content (AvgIpc) is 2.18. The summed E-state index contributed by atoms with van der Waals surface area (Å²) in [5, 5.41) is 0. The molecule has 1 rings (SSSR count). The number of nitrogens with zero attached hydrogens (tertiary/aromatic N) is 1. The molecule has 0 spiro atoms. The third-order valence-electron chi connectivity index (χ3n) is 2.16. The molecule has 0 radical (unpaired) electrons. The van der Waals surface area contributed by atoms with Crippen molar-refractivity contribution in [2.75, 3.05) is 0 Å². The van der Waals surface area contributed by atoms with Crippen LogP contribution in [-0.2, 0) is 9.53 Å². The minimum absolute atomic E-state index is 0.288. The van der Waals surface area contributed by atoms with Crippen LogP contribution in [-0.4, -0.2) is 17.4 Å². The maximum absolute atomic E-state index is 11.2. The van der Waals surface area contributed by atoms with Gasteiger partial charge >= 0.3 is 5.97 Å². The Balaban J connectivity index is 2.77. The van der Waals surface area contributed by atoms with E-state index in [1.807, 2.05) is 13.0 Å². The molecule has 4 nitrogen and oxygen atoms in total. The van der Waals surface area contributed by atoms with Gasteiger partial charge in [-0.25, -0.2) is 0 Å². The third kappa shape index (κ3) is 2.20. The van der Waals surface area contributed by atoms with Crippen molar-refractivity contribution < 1.29 is 9.53 Å². The Morgan fingerprint density at radius 3 is 3.00 bits per heavy atom. The predicted molar refractivity (Wildman–Crippen MR) is 54.8 cm³/mol. The van der Waals surface area contributed by atoms with Crippen LogP contribution < -0.4 is 5.73 Å². The summed E-state index contributed by atoms with van der Waals surface area (Å²) in [6.45, 7) is 3.69. The lowest BCUT2D eigenvalue weighted by Gasteiger charge is -2.30. The van der Waals surface area contributed by atoms with E-state index < -0.39 is 5.72 Å². The molecule has 0 aliphatic carbocycles. The lowest BCUT2D eigenvalue weighted by atomic mass is 10.00. The van der Waals surface area contributed by atoms with E-state index in [1.54, 1.807) is 13.1 Å². The summed E-state index contributed by atoms with van der Waals surface area (Å²) in [7, 11) is 0. The minimum atomic E-state index is -1.02. The van der Waals surface area contributed by atoms with E-state index in [1.165, 1.54) is 0 Å². The van der Waals surface area contributed by atoms with Crippen LogP contribution in [0.4, 0.5) is 0 Å². The van der Waals surface area contributed by atoms with Gasteiger partial charge < -0.3 is 4.74 Å². The highest BCUT2D eigenvalue weighted by molar-refractivity contribution is 5.94. The van der Waals surface area contributed by atoms with Crippen molar-refractivity contribution in [3.63, 3.8) is 0 Å². The number of nitrogens with two attached hydrogens (primary N) is 1. The predicted octanol–water partition coefficient (Wildman–Crippen LogP) is 1.36. The number of aliphatic imine (C=N–C) groups is 1. The molecule has 1 aliphatic rings. The first kappa shape index (κ1) is 10.9. The van der Waals surface area contributed by atoms with Crippen LogP contribution in [0.5, 0.6) is 0 Å². The second kappa shape index (κ2) is 4.37. The van der Waals surface area contributed by atoms with E-state index in [0.717, 1.165) is 5.71 Å². The van der Waals surface area contributed by atoms with Crippen molar-refractivity contribution in [2.45, 2.75) is 38.8 Å². The summed E-state index contributed by atoms with van der Waals surface area (Å²) in [5.41, 5.74) is 5.67. The van der Waals surface area contributed by atoms with Crippen LogP contribution in [0.1, 0.15) is 33.1 Å². The summed E-state index contributed by atoms with van der Waals surface area (Å²) in [6, 6.07) is 0. The van der Waals surface area contributed by atoms with Crippen LogP contribution in [0.2, 0.25) is 0 Å². The van der Waals surface area contributed by atoms with Gasteiger partial charge in [-0.05, 0) is 6.42 Å². The molecule has 0 saturated heterocycles. The first-order valence-corrected chi connectivity index (χ1v) is 4.85. The largest absolute Gasteiger partial charge is 0.438 e. The molecule has 0 aromatic heterocycles. The fourth-order valence-corrected chi connectivity index (χ4v) is 1.36. The molecule has 0 aromatic carbocycles. The molecule has 0 bridgehead atoms. The molecular formula is C10H16N2O2. The van der Waals surface area contributed by atoms with E-state index in [9.17, 15) is 4.79 Å². The highest BCUT2D eigenvalue weighted by atomic mass is 16.6. The van der Waals surface area contributed by atoms with Gasteiger partial charge in [-0.15, -0.1) is 0 Å². The Bertz CT molecular complexity index is 284. The maximum Gasteiger partial charge on any atom is 0.307 e. The van der Waals surface area contributed by atoms with E-state index >= 15 is 0 Å². The standard InChI is InChI=1S/C10H16N2O2/c1-3-8-10(11,6-5-7-12-8)14-9(13)4-2/h5,7H,3-4,6,11H2,1-2H3/t10-/m1/s1. The van der Waals surface area contributed by atoms with Crippen molar-refractivity contribution in [1.29, 1.82) is 0 Å². The molecule has 14 heavy (non-hydrogen) atoms. The van der Waals surface area contributed by atoms with Crippen molar-refractivity contribution in [3.8, 4) is 0 Å². The third-order valence-corrected chi connectivity index (χ3v) is 2.16. The molecule has 0 aromatic rings. The smallest absolute Gasteiger partial charge is 0.307 e. The molecular weight excluding hydrogens is 180 g/mol. The normalized spacial score (nSPS) is 25.8. The zero-order valence-corrected chi connectivity index (χ0v) is 8.62. The van der Waals surface area contributed by atoms with Crippen molar-refractivity contribution >= 4 is 11.7 Å². The Morgan fingerprint density at radius 2 is 2.43 bits per heavy atom. The second-order valence-corrected chi connectivity index (χ2v) is 3.24. The van der Waals surface area contributed by atoms with Crippen LogP contribution in [0.15, 0.2) is 17.3 Å². The van der Waals surface area contributed by atoms with E-state index in [-0.39, 0.29) is 5.97 Å². The molecule has 1 aliphatic heterocycles. The average molecular weight is 196 g/mol. The zero-order chi connectivity index (χ0) is 10.6. The van der Waals surface area contributed by atoms with Gasteiger partial charge in [0.2, 0.25) is 5.72 Å². The SMILES string of the molecule is CCC(=O)O[C@]1(N)CC=CN=C1CC. The van der Waals surface area contributed by atoms with Gasteiger partial charge in [0, 0.05) is 19.0 Å². The Kier molecular flexibility index (Phi) is 3.41. The topological polar surface area (TPSA) is 64.7 Å². The summed E-state index contributed by atoms with van der Waals surface area (Å²) in [5.74, 6) is -0.288. The van der Waals surface area contributed by atoms with Gasteiger partial charge in [-0.2, -0.15) is 0 Å². The van der Waals surface area contributed by atoms with Crippen LogP contribution in [0.3, 0.4) is 0 Å². The number of carbonyl (C=O) groups excluding carboxylic acids is 1. The Labute approximate surface area is 83.8 Å². The first-order chi connectivity index (χ1) is 6.62. The molecule has 0 saturated carbocycles. The highest BCUT2D eigenvalue weighted by Crippen LogP contribution is 2.19. The molecule has 2 N–H and O–H groups in total. The molecule has 0 unspecified atom stereocenters. The lowest BCUT2D eigenvalue weighted by Crippen LogP contribution is -2.52. The number of hydrogen-bond acceptors (Lipinski definition) is 4. The summed E-state index contributed by atoms with van der Waals surface area (Å²) < 4.78 is 5.19. The maximum atomic E-state index is 11.2. The van der Waals surface area contributed by atoms with Gasteiger partial charge in [0.25, 0.3) is 0 Å². The fourth-order valence-electron chi connectivity index (χ4n) is 1.36. The van der Waals surface area contributed by atoms with Crippen molar-refractivity contribution in [3.05, 3.63) is 12.3 Å². The lowest BCUT2D eigenvalue weighted by molar-refractivity contribution is -0.152. The first-order valence-electron chi connectivity index (χ1n) is 4.85. The van der Waals surface area contributed by atoms with Crippen molar-refractivity contribution in [1.82, 2.24) is 0 Å². The number of hydrogen-bond donors (Lipinski definition) is 1. The minimum Gasteiger partial charge on any atom is -0.438 e. The molecule has 78 valence electrons. The monoisotopic (exact) mass is 196 g/mol. The van der Waals surface area contributed by atoms with Crippen molar-refractivity contribution in [2.24, 2.45) is 10.7 Å². The van der Waals surface area contributed by atoms with Gasteiger partial charge in [0.1, 0.15) is 0 Å². The fraction of sp³-hybridized carbons (Fsp3) is 0.600. The molecule has 1 atom stereocenters. The highest BCUT2D eigenvalue weighted by Gasteiger charge is 2.34. The van der Waals surface area contributed by atoms with Crippen LogP contribution >= 0.6 is 0 Å². The Morgan fingerprint density at radius 1 is 1.71 bits per heavy atom. The number of esters is 1. The quantitative estimate of drug-likeness (QED) is 0.547. The Hall–Kier alpha value is -1.16.